The molecule has 0 saturated carbocycles. The molecule has 0 aromatic heterocycles. The summed E-state index contributed by atoms with van der Waals surface area (Å²) >= 11 is 0. The third-order valence-corrected chi connectivity index (χ3v) is 2.94. The first kappa shape index (κ1) is 26.3. The van der Waals surface area contributed by atoms with Crippen LogP contribution in [0.1, 0.15) is 0 Å². The van der Waals surface area contributed by atoms with E-state index in [1.165, 1.54) is 0 Å². The van der Waals surface area contributed by atoms with Crippen molar-refractivity contribution in [2.45, 2.75) is 47.9 Å². The average Bonchev–Trinajstić information content (AvgIpc) is 2.51. The third kappa shape index (κ3) is 3.30. The Bertz CT molecular complexity index is 593. The van der Waals surface area contributed by atoms with Crippen LogP contribution < -0.4 is 0 Å². The van der Waals surface area contributed by atoms with Crippen LogP contribution in [0, 0.1) is 0 Å². The van der Waals surface area contributed by atoms with Gasteiger partial charge < -0.3 is 0 Å². The molecule has 0 amide bonds. The van der Waals surface area contributed by atoms with Crippen molar-refractivity contribution in [2.24, 2.45) is 0 Å². The Morgan fingerprint density at radius 1 is 0.643 bits per heavy atom. The van der Waals surface area contributed by atoms with Gasteiger partial charge in [0.25, 0.3) is 6.17 Å². The Balaban J connectivity index is 6.59. The summed E-state index contributed by atoms with van der Waals surface area (Å²) in [7, 11) is 0. The van der Waals surface area contributed by atoms with Crippen molar-refractivity contribution in [1.82, 2.24) is 0 Å². The maximum Gasteiger partial charge on any atom is 0.425 e. The topological polar surface area (TPSA) is 46.5 Å². The molecule has 0 aliphatic rings. The normalized spacial score (nSPS) is 16.8. The first-order valence-corrected chi connectivity index (χ1v) is 5.72. The van der Waals surface area contributed by atoms with E-state index in [4.69, 9.17) is 5.26 Å². The summed E-state index contributed by atoms with van der Waals surface area (Å²) in [6.07, 6.45) is -13.5. The van der Waals surface area contributed by atoms with Gasteiger partial charge in [0, 0.05) is 0 Å². The second-order valence-corrected chi connectivity index (χ2v) is 4.78. The molecule has 0 fully saturated rings. The minimum Gasteiger partial charge on any atom is -0.294 e. The van der Waals surface area contributed by atoms with E-state index in [-0.39, 0.29) is 0 Å². The molecule has 0 aromatic rings. The van der Waals surface area contributed by atoms with E-state index in [1.807, 2.05) is 4.89 Å². The highest BCUT2D eigenvalue weighted by Gasteiger charge is 2.93. The molecule has 1 N–H and O–H groups in total. The first-order chi connectivity index (χ1) is 11.9. The SMILES string of the molecule is O=C(OO)C(F)(F)C(F)(F)C(F)(F)C(F)(F)C(F)(F)C(F)(F)C(F)C(F)(F)F. The molecular weight excluding hydrogens is 460 g/mol. The summed E-state index contributed by atoms with van der Waals surface area (Å²) in [5, 5.41) is 7.42. The zero-order valence-corrected chi connectivity index (χ0v) is 11.9. The maximum absolute atomic E-state index is 13.1. The molecule has 0 aliphatic carbocycles. The summed E-state index contributed by atoms with van der Waals surface area (Å²) in [6.45, 7) is 0. The van der Waals surface area contributed by atoms with Crippen molar-refractivity contribution in [1.29, 1.82) is 0 Å². The largest absolute Gasteiger partial charge is 0.425 e. The van der Waals surface area contributed by atoms with Gasteiger partial charge >= 0.3 is 47.7 Å². The predicted octanol–water partition coefficient (Wildman–Crippen LogP) is 4.71. The Morgan fingerprint density at radius 2 is 0.964 bits per heavy atom. The lowest BCUT2D eigenvalue weighted by atomic mass is 9.89. The molecule has 3 nitrogen and oxygen atoms in total. The fraction of sp³-hybridized carbons (Fsp3) is 0.889. The van der Waals surface area contributed by atoms with Gasteiger partial charge in [-0.2, -0.15) is 71.1 Å². The van der Waals surface area contributed by atoms with Crippen molar-refractivity contribution in [2.75, 3.05) is 0 Å². The highest BCUT2D eigenvalue weighted by Crippen LogP contribution is 2.61. The van der Waals surface area contributed by atoms with E-state index in [0.29, 0.717) is 0 Å². The number of halogens is 16. The highest BCUT2D eigenvalue weighted by atomic mass is 19.4. The standard InChI is InChI=1S/C9H2F16O3/c10-1(5(15,16)17)3(11,12)6(18,19)8(22,23)9(24,25)7(20,21)4(13,14)2(26)28-27/h1,27H. The number of carbonyl (C=O) groups excluding carboxylic acids is 1. The predicted molar refractivity (Wildman–Crippen MR) is 49.4 cm³/mol. The van der Waals surface area contributed by atoms with Gasteiger partial charge in [-0.15, -0.1) is 0 Å². The quantitative estimate of drug-likeness (QED) is 0.339. The molecule has 1 atom stereocenters. The van der Waals surface area contributed by atoms with E-state index in [1.54, 1.807) is 0 Å². The van der Waals surface area contributed by atoms with Crippen LogP contribution in [0.15, 0.2) is 0 Å². The fourth-order valence-corrected chi connectivity index (χ4v) is 1.35. The monoisotopic (exact) mass is 462 g/mol. The molecule has 0 rings (SSSR count). The molecular formula is C9H2F16O3. The van der Waals surface area contributed by atoms with Crippen LogP contribution in [0.5, 0.6) is 0 Å². The average molecular weight is 462 g/mol. The number of alkyl halides is 16. The van der Waals surface area contributed by atoms with Crippen LogP contribution in [0.2, 0.25) is 0 Å². The molecule has 0 aromatic carbocycles. The van der Waals surface area contributed by atoms with Gasteiger partial charge in [-0.3, -0.25) is 4.89 Å². The summed E-state index contributed by atoms with van der Waals surface area (Å²) in [5.74, 6) is -52.8. The highest BCUT2D eigenvalue weighted by molar-refractivity contribution is 5.78. The van der Waals surface area contributed by atoms with Crippen molar-refractivity contribution < 1.29 is 85.2 Å². The Kier molecular flexibility index (Phi) is 6.28. The van der Waals surface area contributed by atoms with E-state index < -0.39 is 53.9 Å². The smallest absolute Gasteiger partial charge is 0.294 e. The maximum atomic E-state index is 13.1. The second kappa shape index (κ2) is 6.68. The van der Waals surface area contributed by atoms with E-state index in [9.17, 15) is 75.0 Å². The zero-order valence-electron chi connectivity index (χ0n) is 11.9. The van der Waals surface area contributed by atoms with Crippen molar-refractivity contribution in [3.8, 4) is 0 Å². The number of hydrogen-bond donors (Lipinski definition) is 1. The van der Waals surface area contributed by atoms with Gasteiger partial charge in [0.2, 0.25) is 0 Å². The number of carbonyl (C=O) groups is 1. The molecule has 0 heterocycles. The van der Waals surface area contributed by atoms with Gasteiger partial charge in [-0.05, 0) is 0 Å². The molecule has 0 bridgehead atoms. The zero-order chi connectivity index (χ0) is 23.4. The lowest BCUT2D eigenvalue weighted by molar-refractivity contribution is -0.434. The summed E-state index contributed by atoms with van der Waals surface area (Å²) in [6, 6.07) is 0. The molecule has 168 valence electrons. The first-order valence-electron chi connectivity index (χ1n) is 5.72. The molecule has 19 heteroatoms. The van der Waals surface area contributed by atoms with Crippen LogP contribution in [-0.4, -0.2) is 59.1 Å². The van der Waals surface area contributed by atoms with Gasteiger partial charge in [-0.1, -0.05) is 0 Å². The summed E-state index contributed by atoms with van der Waals surface area (Å²) < 4.78 is 203. The van der Waals surface area contributed by atoms with Gasteiger partial charge in [0.1, 0.15) is 0 Å². The minimum absolute atomic E-state index is 1.85. The molecule has 0 radical (unpaired) electrons. The Labute approximate surface area is 140 Å². The molecule has 0 saturated heterocycles. The third-order valence-electron chi connectivity index (χ3n) is 2.94. The van der Waals surface area contributed by atoms with Gasteiger partial charge in [-0.25, -0.2) is 9.18 Å². The molecule has 1 unspecified atom stereocenters. The van der Waals surface area contributed by atoms with Gasteiger partial charge in [0.05, 0.1) is 0 Å². The van der Waals surface area contributed by atoms with E-state index in [2.05, 4.69) is 0 Å². The molecule has 0 aliphatic heterocycles. The second-order valence-electron chi connectivity index (χ2n) is 4.78. The minimum atomic E-state index is -8.53. The fourth-order valence-electron chi connectivity index (χ4n) is 1.35. The Hall–Kier alpha value is -1.69. The summed E-state index contributed by atoms with van der Waals surface area (Å²) in [4.78, 5) is 12.0. The lowest BCUT2D eigenvalue weighted by Crippen LogP contribution is -2.73. The van der Waals surface area contributed by atoms with Crippen LogP contribution in [-0.2, 0) is 9.68 Å². The van der Waals surface area contributed by atoms with Crippen LogP contribution in [0.3, 0.4) is 0 Å². The molecule has 28 heavy (non-hydrogen) atoms. The van der Waals surface area contributed by atoms with Gasteiger partial charge in [0.15, 0.2) is 0 Å². The molecule has 0 spiro atoms. The van der Waals surface area contributed by atoms with Crippen LogP contribution >= 0.6 is 0 Å². The Morgan fingerprint density at radius 3 is 1.25 bits per heavy atom. The van der Waals surface area contributed by atoms with E-state index in [0.717, 1.165) is 0 Å². The van der Waals surface area contributed by atoms with Crippen molar-refractivity contribution in [3.63, 3.8) is 0 Å². The van der Waals surface area contributed by atoms with Crippen LogP contribution in [0.4, 0.5) is 70.2 Å². The van der Waals surface area contributed by atoms with Crippen molar-refractivity contribution in [3.05, 3.63) is 0 Å². The summed E-state index contributed by atoms with van der Waals surface area (Å²) in [5.41, 5.74) is 0. The van der Waals surface area contributed by atoms with E-state index >= 15 is 0 Å². The van der Waals surface area contributed by atoms with Crippen LogP contribution in [0.25, 0.3) is 0 Å². The van der Waals surface area contributed by atoms with Crippen molar-refractivity contribution >= 4 is 5.97 Å². The lowest BCUT2D eigenvalue weighted by Gasteiger charge is -2.41. The number of rotatable bonds is 7. The number of hydrogen-bond acceptors (Lipinski definition) is 3.